The molecule has 0 bridgehead atoms. The van der Waals surface area contributed by atoms with Crippen LogP contribution >= 0.6 is 15.9 Å². The lowest BCUT2D eigenvalue weighted by atomic mass is 9.86. The standard InChI is InChI=1S/C16H19BrN2O3.C2H3FO2/c1-21-16(20)6-5-15-18-12-7-11(17)14(8-13(12)19-15)22-9-10-3-2-4-10;3-1-2(4)5/h7-8,10H,2-6,9H2,1H3,(H,18,19);1H2,(H,4,5). The van der Waals surface area contributed by atoms with Crippen molar-refractivity contribution in [2.24, 2.45) is 5.92 Å². The molecular formula is C18H22BrFN2O5. The highest BCUT2D eigenvalue weighted by atomic mass is 79.9. The largest absolute Gasteiger partial charge is 0.492 e. The molecule has 3 rings (SSSR count). The first-order chi connectivity index (χ1) is 12.9. The van der Waals surface area contributed by atoms with Crippen LogP contribution in [0.2, 0.25) is 0 Å². The Kier molecular flexibility index (Phi) is 8.02. The van der Waals surface area contributed by atoms with Crippen LogP contribution in [0.1, 0.15) is 31.5 Å². The molecule has 0 amide bonds. The minimum Gasteiger partial charge on any atom is -0.492 e. The van der Waals surface area contributed by atoms with Gasteiger partial charge >= 0.3 is 11.9 Å². The SMILES string of the molecule is COC(=O)CCc1nc2cc(OCC3CCC3)c(Br)cc2[nH]1.O=C(O)CF. The second-order valence-corrected chi connectivity index (χ2v) is 7.05. The maximum Gasteiger partial charge on any atom is 0.335 e. The fourth-order valence-electron chi connectivity index (χ4n) is 2.48. The lowest BCUT2D eigenvalue weighted by molar-refractivity contribution is -0.140. The second kappa shape index (κ2) is 10.2. The van der Waals surface area contributed by atoms with Crippen molar-refractivity contribution in [3.63, 3.8) is 0 Å². The lowest BCUT2D eigenvalue weighted by Gasteiger charge is -2.25. The third kappa shape index (κ3) is 6.50. The van der Waals surface area contributed by atoms with Gasteiger partial charge in [-0.15, -0.1) is 0 Å². The summed E-state index contributed by atoms with van der Waals surface area (Å²) in [5, 5.41) is 7.35. The van der Waals surface area contributed by atoms with E-state index in [9.17, 15) is 9.18 Å². The summed E-state index contributed by atoms with van der Waals surface area (Å²) in [6.07, 6.45) is 4.71. The van der Waals surface area contributed by atoms with Gasteiger partial charge in [-0.25, -0.2) is 14.2 Å². The molecule has 27 heavy (non-hydrogen) atoms. The van der Waals surface area contributed by atoms with Gasteiger partial charge < -0.3 is 19.6 Å². The van der Waals surface area contributed by atoms with Crippen LogP contribution in [0.3, 0.4) is 0 Å². The van der Waals surface area contributed by atoms with Crippen LogP contribution < -0.4 is 4.74 Å². The van der Waals surface area contributed by atoms with E-state index in [2.05, 4.69) is 30.6 Å². The summed E-state index contributed by atoms with van der Waals surface area (Å²) in [5.74, 6) is 0.655. The number of nitrogens with one attached hydrogen (secondary N) is 1. The fourth-order valence-corrected chi connectivity index (χ4v) is 2.94. The van der Waals surface area contributed by atoms with Crippen LogP contribution in [0, 0.1) is 5.92 Å². The van der Waals surface area contributed by atoms with Crippen LogP contribution in [0.5, 0.6) is 5.75 Å². The molecule has 148 valence electrons. The van der Waals surface area contributed by atoms with Gasteiger partial charge in [0, 0.05) is 12.5 Å². The van der Waals surface area contributed by atoms with E-state index in [1.807, 2.05) is 12.1 Å². The first-order valence-electron chi connectivity index (χ1n) is 8.58. The van der Waals surface area contributed by atoms with E-state index >= 15 is 0 Å². The number of H-pyrrole nitrogens is 1. The Morgan fingerprint density at radius 1 is 1.41 bits per heavy atom. The summed E-state index contributed by atoms with van der Waals surface area (Å²) < 4.78 is 22.0. The molecule has 0 atom stereocenters. The van der Waals surface area contributed by atoms with E-state index in [1.54, 1.807) is 0 Å². The van der Waals surface area contributed by atoms with E-state index in [-0.39, 0.29) is 5.97 Å². The van der Waals surface area contributed by atoms with Crippen molar-refractivity contribution in [2.75, 3.05) is 20.4 Å². The maximum absolute atomic E-state index is 11.2. The van der Waals surface area contributed by atoms with Gasteiger partial charge in [0.25, 0.3) is 0 Å². The van der Waals surface area contributed by atoms with E-state index in [0.29, 0.717) is 18.8 Å². The predicted octanol–water partition coefficient (Wildman–Crippen LogP) is 3.65. The van der Waals surface area contributed by atoms with Crippen LogP contribution in [0.25, 0.3) is 11.0 Å². The van der Waals surface area contributed by atoms with Gasteiger partial charge in [-0.3, -0.25) is 4.79 Å². The number of imidazole rings is 1. The van der Waals surface area contributed by atoms with Crippen LogP contribution in [-0.2, 0) is 20.7 Å². The van der Waals surface area contributed by atoms with E-state index < -0.39 is 12.6 Å². The molecule has 2 aromatic rings. The first kappa shape index (κ1) is 21.1. The van der Waals surface area contributed by atoms with E-state index in [1.165, 1.54) is 26.4 Å². The molecule has 1 aliphatic rings. The molecule has 7 nitrogen and oxygen atoms in total. The Bertz CT molecular complexity index is 791. The summed E-state index contributed by atoms with van der Waals surface area (Å²) in [7, 11) is 1.39. The highest BCUT2D eigenvalue weighted by molar-refractivity contribution is 9.10. The highest BCUT2D eigenvalue weighted by Crippen LogP contribution is 2.32. The summed E-state index contributed by atoms with van der Waals surface area (Å²) in [4.78, 5) is 27.9. The summed E-state index contributed by atoms with van der Waals surface area (Å²) >= 11 is 3.54. The van der Waals surface area contributed by atoms with Gasteiger partial charge in [0.15, 0.2) is 6.67 Å². The van der Waals surface area contributed by atoms with Crippen LogP contribution in [0.15, 0.2) is 16.6 Å². The number of esters is 1. The number of halogens is 2. The number of benzene rings is 1. The zero-order valence-electron chi connectivity index (χ0n) is 15.0. The summed E-state index contributed by atoms with van der Waals surface area (Å²) in [6.45, 7) is -0.510. The number of carboxylic acids is 1. The first-order valence-corrected chi connectivity index (χ1v) is 9.37. The number of carbonyl (C=O) groups is 2. The average molecular weight is 445 g/mol. The molecule has 0 radical (unpaired) electrons. The van der Waals surface area contributed by atoms with Crippen molar-refractivity contribution >= 4 is 38.9 Å². The molecule has 1 saturated carbocycles. The molecule has 0 spiro atoms. The Hall–Kier alpha value is -2.16. The molecule has 1 heterocycles. The van der Waals surface area contributed by atoms with Crippen molar-refractivity contribution in [3.05, 3.63) is 22.4 Å². The summed E-state index contributed by atoms with van der Waals surface area (Å²) in [5.41, 5.74) is 1.79. The zero-order chi connectivity index (χ0) is 19.8. The zero-order valence-corrected chi connectivity index (χ0v) is 16.6. The number of aromatic amines is 1. The normalized spacial score (nSPS) is 13.4. The topological polar surface area (TPSA) is 102 Å². The number of aliphatic carboxylic acids is 1. The number of hydrogen-bond acceptors (Lipinski definition) is 5. The maximum atomic E-state index is 11.2. The van der Waals surface area contributed by atoms with Gasteiger partial charge in [0.1, 0.15) is 11.6 Å². The number of ether oxygens (including phenoxy) is 2. The molecule has 1 fully saturated rings. The number of fused-ring (bicyclic) bond motifs is 1. The van der Waals surface area contributed by atoms with Crippen LogP contribution in [0.4, 0.5) is 4.39 Å². The number of carbonyl (C=O) groups excluding carboxylic acids is 1. The van der Waals surface area contributed by atoms with Gasteiger partial charge in [-0.1, -0.05) is 6.42 Å². The third-order valence-corrected chi connectivity index (χ3v) is 4.81. The molecule has 0 aliphatic heterocycles. The molecule has 0 saturated heterocycles. The molecule has 1 aliphatic carbocycles. The smallest absolute Gasteiger partial charge is 0.335 e. The molecule has 9 heteroatoms. The Morgan fingerprint density at radius 2 is 2.11 bits per heavy atom. The van der Waals surface area contributed by atoms with Crippen molar-refractivity contribution in [1.82, 2.24) is 9.97 Å². The average Bonchev–Trinajstić information content (AvgIpc) is 3.00. The van der Waals surface area contributed by atoms with Crippen molar-refractivity contribution in [1.29, 1.82) is 0 Å². The molecular weight excluding hydrogens is 423 g/mol. The minimum absolute atomic E-state index is 0.230. The highest BCUT2D eigenvalue weighted by Gasteiger charge is 2.19. The predicted molar refractivity (Wildman–Crippen MR) is 101 cm³/mol. The van der Waals surface area contributed by atoms with E-state index in [4.69, 9.17) is 14.6 Å². The number of rotatable bonds is 7. The molecule has 1 aromatic heterocycles. The Labute approximate surface area is 164 Å². The van der Waals surface area contributed by atoms with Gasteiger partial charge in [-0.05, 0) is 40.8 Å². The number of aryl methyl sites for hydroxylation is 1. The van der Waals surface area contributed by atoms with E-state index in [0.717, 1.165) is 33.7 Å². The van der Waals surface area contributed by atoms with Gasteiger partial charge in [0.05, 0.1) is 35.6 Å². The monoisotopic (exact) mass is 444 g/mol. The number of nitrogens with zero attached hydrogens (tertiary/aromatic N) is 1. The number of hydrogen-bond donors (Lipinski definition) is 2. The third-order valence-electron chi connectivity index (χ3n) is 4.19. The molecule has 1 aromatic carbocycles. The second-order valence-electron chi connectivity index (χ2n) is 6.19. The Morgan fingerprint density at radius 3 is 2.67 bits per heavy atom. The van der Waals surface area contributed by atoms with Crippen LogP contribution in [-0.4, -0.2) is 47.4 Å². The number of methoxy groups -OCH3 is 1. The quantitative estimate of drug-likeness (QED) is 0.631. The minimum atomic E-state index is -1.41. The fraction of sp³-hybridized carbons (Fsp3) is 0.500. The van der Waals surface area contributed by atoms with Gasteiger partial charge in [0.2, 0.25) is 0 Å². The molecule has 0 unspecified atom stereocenters. The van der Waals surface area contributed by atoms with Crippen molar-refractivity contribution in [3.8, 4) is 5.75 Å². The number of aromatic nitrogens is 2. The number of alkyl halides is 1. The Balaban J connectivity index is 0.000000465. The molecule has 2 N–H and O–H groups in total. The van der Waals surface area contributed by atoms with Crippen molar-refractivity contribution < 1.29 is 28.6 Å². The number of carboxylic acid groups (broad SMARTS) is 1. The van der Waals surface area contributed by atoms with Gasteiger partial charge in [-0.2, -0.15) is 0 Å². The van der Waals surface area contributed by atoms with Crippen molar-refractivity contribution in [2.45, 2.75) is 32.1 Å². The summed E-state index contributed by atoms with van der Waals surface area (Å²) in [6, 6.07) is 3.91. The lowest BCUT2D eigenvalue weighted by Crippen LogP contribution is -2.19.